The van der Waals surface area contributed by atoms with Gasteiger partial charge in [-0.3, -0.25) is 10.1 Å². The number of hydrogen-bond donors (Lipinski definition) is 2. The van der Waals surface area contributed by atoms with Crippen molar-refractivity contribution < 1.29 is 4.74 Å². The van der Waals surface area contributed by atoms with Gasteiger partial charge in [-0.2, -0.15) is 5.10 Å². The van der Waals surface area contributed by atoms with Gasteiger partial charge in [-0.1, -0.05) is 12.5 Å². The lowest BCUT2D eigenvalue weighted by Gasteiger charge is -2.22. The number of aryl methyl sites for hydroxylation is 1. The third kappa shape index (κ3) is 4.02. The summed E-state index contributed by atoms with van der Waals surface area (Å²) < 4.78 is 8.22. The summed E-state index contributed by atoms with van der Waals surface area (Å²) in [7, 11) is 0. The molecule has 0 unspecified atom stereocenters. The molecule has 1 aliphatic rings. The normalized spacial score (nSPS) is 14.5. The van der Waals surface area contributed by atoms with Crippen molar-refractivity contribution in [2.45, 2.75) is 45.1 Å². The van der Waals surface area contributed by atoms with Crippen LogP contribution < -0.4 is 4.74 Å². The highest BCUT2D eigenvalue weighted by Gasteiger charge is 2.18. The summed E-state index contributed by atoms with van der Waals surface area (Å²) in [6, 6.07) is 12.0. The van der Waals surface area contributed by atoms with Gasteiger partial charge in [0.25, 0.3) is 0 Å². The van der Waals surface area contributed by atoms with Crippen molar-refractivity contribution in [2.75, 3.05) is 0 Å². The number of hydrogen-bond acceptors (Lipinski definition) is 6. The molecule has 0 atom stereocenters. The van der Waals surface area contributed by atoms with Crippen molar-refractivity contribution >= 4 is 22.1 Å². The fourth-order valence-corrected chi connectivity index (χ4v) is 5.11. The highest BCUT2D eigenvalue weighted by Crippen LogP contribution is 2.31. The Labute approximate surface area is 213 Å². The lowest BCUT2D eigenvalue weighted by molar-refractivity contribution is 0.154. The molecule has 1 aliphatic carbocycles. The summed E-state index contributed by atoms with van der Waals surface area (Å²) in [4.78, 5) is 22.1. The highest BCUT2D eigenvalue weighted by molar-refractivity contribution is 5.93. The Morgan fingerprint density at radius 2 is 1.89 bits per heavy atom. The minimum absolute atomic E-state index is 0.269. The molecule has 0 bridgehead atoms. The molecule has 9 heteroatoms. The minimum Gasteiger partial charge on any atom is -0.489 e. The van der Waals surface area contributed by atoms with E-state index in [4.69, 9.17) is 14.7 Å². The van der Waals surface area contributed by atoms with Crippen LogP contribution in [-0.4, -0.2) is 45.8 Å². The number of nitrogens with zero attached hydrogens (tertiary/aromatic N) is 6. The number of fused-ring (bicyclic) bond motifs is 2. The van der Waals surface area contributed by atoms with Crippen LogP contribution in [0.4, 0.5) is 0 Å². The second-order valence-electron chi connectivity index (χ2n) is 9.63. The second kappa shape index (κ2) is 8.85. The smallest absolute Gasteiger partial charge is 0.161 e. The van der Waals surface area contributed by atoms with Gasteiger partial charge in [-0.25, -0.2) is 15.0 Å². The molecule has 1 aromatic carbocycles. The third-order valence-electron chi connectivity index (χ3n) is 6.98. The molecule has 1 saturated carbocycles. The van der Waals surface area contributed by atoms with Crippen molar-refractivity contribution in [2.24, 2.45) is 0 Å². The molecule has 5 heterocycles. The molecule has 37 heavy (non-hydrogen) atoms. The maximum atomic E-state index is 6.24. The third-order valence-corrected chi connectivity index (χ3v) is 6.98. The number of nitrogens with one attached hydrogen (secondary N) is 2. The molecule has 0 amide bonds. The van der Waals surface area contributed by atoms with Crippen LogP contribution in [0.15, 0.2) is 61.3 Å². The van der Waals surface area contributed by atoms with Crippen molar-refractivity contribution in [1.82, 2.24) is 39.7 Å². The number of imidazole rings is 2. The summed E-state index contributed by atoms with van der Waals surface area (Å²) in [5.74, 6) is 1.45. The van der Waals surface area contributed by atoms with E-state index in [-0.39, 0.29) is 6.10 Å². The predicted octanol–water partition coefficient (Wildman–Crippen LogP) is 5.77. The van der Waals surface area contributed by atoms with E-state index in [1.54, 1.807) is 12.5 Å². The first-order valence-electron chi connectivity index (χ1n) is 12.7. The predicted molar refractivity (Wildman–Crippen MR) is 142 cm³/mol. The van der Waals surface area contributed by atoms with Crippen molar-refractivity contribution in [3.63, 3.8) is 0 Å². The standard InChI is InChI=1S/C28H26N8O/c1-17-15-36(16-30-17)24-9-5-8-22-25(24)33-28(32-22)27-26-23(34-35-27)11-10-21(31-26)18-12-20(14-29-13-18)37-19-6-3-2-4-7-19/h5,8-16,19H,2-4,6-7H2,1H3,(H,32,33)(H,34,35). The number of benzene rings is 1. The van der Waals surface area contributed by atoms with Crippen LogP contribution in [-0.2, 0) is 0 Å². The first kappa shape index (κ1) is 21.7. The van der Waals surface area contributed by atoms with E-state index in [0.29, 0.717) is 11.5 Å². The zero-order chi connectivity index (χ0) is 24.8. The van der Waals surface area contributed by atoms with E-state index in [1.165, 1.54) is 19.3 Å². The number of H-pyrrole nitrogens is 2. The Balaban J connectivity index is 1.26. The van der Waals surface area contributed by atoms with Crippen LogP contribution in [0.1, 0.15) is 37.8 Å². The Morgan fingerprint density at radius 1 is 0.973 bits per heavy atom. The fourth-order valence-electron chi connectivity index (χ4n) is 5.11. The maximum Gasteiger partial charge on any atom is 0.161 e. The van der Waals surface area contributed by atoms with Crippen LogP contribution in [0.5, 0.6) is 5.75 Å². The molecule has 0 radical (unpaired) electrons. The molecule has 9 nitrogen and oxygen atoms in total. The van der Waals surface area contributed by atoms with Crippen LogP contribution in [0.2, 0.25) is 0 Å². The lowest BCUT2D eigenvalue weighted by atomic mass is 9.98. The van der Waals surface area contributed by atoms with Gasteiger partial charge in [0.2, 0.25) is 0 Å². The first-order valence-corrected chi connectivity index (χ1v) is 12.7. The number of aromatic amines is 2. The molecular formula is C28H26N8O. The van der Waals surface area contributed by atoms with E-state index in [0.717, 1.165) is 63.3 Å². The van der Waals surface area contributed by atoms with Crippen LogP contribution >= 0.6 is 0 Å². The zero-order valence-electron chi connectivity index (χ0n) is 20.5. The maximum absolute atomic E-state index is 6.24. The average Bonchev–Trinajstić information content (AvgIpc) is 3.66. The van der Waals surface area contributed by atoms with Gasteiger partial charge in [-0.05, 0) is 62.9 Å². The molecule has 184 valence electrons. The molecule has 0 aliphatic heterocycles. The molecule has 0 saturated heterocycles. The Morgan fingerprint density at radius 3 is 2.76 bits per heavy atom. The lowest BCUT2D eigenvalue weighted by Crippen LogP contribution is -2.19. The average molecular weight is 491 g/mol. The van der Waals surface area contributed by atoms with Crippen LogP contribution in [0.3, 0.4) is 0 Å². The molecule has 7 rings (SSSR count). The molecule has 0 spiro atoms. The number of para-hydroxylation sites is 1. The van der Waals surface area contributed by atoms with Gasteiger partial charge in [0.15, 0.2) is 11.5 Å². The quantitative estimate of drug-likeness (QED) is 0.317. The molecule has 5 aromatic heterocycles. The van der Waals surface area contributed by atoms with Gasteiger partial charge in [-0.15, -0.1) is 0 Å². The summed E-state index contributed by atoms with van der Waals surface area (Å²) in [6.07, 6.45) is 13.6. The summed E-state index contributed by atoms with van der Waals surface area (Å²) in [5.41, 5.74) is 7.64. The number of ether oxygens (including phenoxy) is 1. The van der Waals surface area contributed by atoms with E-state index in [1.807, 2.05) is 60.3 Å². The van der Waals surface area contributed by atoms with Gasteiger partial charge in [0, 0.05) is 18.0 Å². The van der Waals surface area contributed by atoms with E-state index in [2.05, 4.69) is 25.1 Å². The van der Waals surface area contributed by atoms with E-state index in [9.17, 15) is 0 Å². The number of rotatable bonds is 5. The first-order chi connectivity index (χ1) is 18.2. The van der Waals surface area contributed by atoms with Crippen molar-refractivity contribution in [3.05, 3.63) is 67.0 Å². The molecular weight excluding hydrogens is 464 g/mol. The van der Waals surface area contributed by atoms with Gasteiger partial charge < -0.3 is 14.3 Å². The van der Waals surface area contributed by atoms with Crippen molar-refractivity contribution in [1.29, 1.82) is 0 Å². The molecule has 6 aromatic rings. The summed E-state index contributed by atoms with van der Waals surface area (Å²) >= 11 is 0. The Hall–Kier alpha value is -4.53. The van der Waals surface area contributed by atoms with Gasteiger partial charge >= 0.3 is 0 Å². The van der Waals surface area contributed by atoms with E-state index < -0.39 is 0 Å². The number of pyridine rings is 2. The Bertz CT molecular complexity index is 1720. The summed E-state index contributed by atoms with van der Waals surface area (Å²) in [6.45, 7) is 1.97. The van der Waals surface area contributed by atoms with Crippen LogP contribution in [0, 0.1) is 6.92 Å². The largest absolute Gasteiger partial charge is 0.489 e. The SMILES string of the molecule is Cc1cn(-c2cccc3[nH]c(-c4n[nH]c5ccc(-c6cncc(OC7CCCCC7)c6)nc45)nc23)cn1. The van der Waals surface area contributed by atoms with Gasteiger partial charge in [0.1, 0.15) is 16.8 Å². The van der Waals surface area contributed by atoms with Gasteiger partial charge in [0.05, 0.1) is 46.7 Å². The highest BCUT2D eigenvalue weighted by atomic mass is 16.5. The fraction of sp³-hybridized carbons (Fsp3) is 0.250. The topological polar surface area (TPSA) is 110 Å². The molecule has 2 N–H and O–H groups in total. The van der Waals surface area contributed by atoms with Crippen molar-refractivity contribution in [3.8, 4) is 34.2 Å². The Kier molecular flexibility index (Phi) is 5.20. The monoisotopic (exact) mass is 490 g/mol. The minimum atomic E-state index is 0.269. The zero-order valence-corrected chi connectivity index (χ0v) is 20.5. The second-order valence-corrected chi connectivity index (χ2v) is 9.63. The van der Waals surface area contributed by atoms with E-state index >= 15 is 0 Å². The molecule has 1 fully saturated rings. The van der Waals surface area contributed by atoms with Crippen LogP contribution in [0.25, 0.3) is 50.5 Å². The summed E-state index contributed by atoms with van der Waals surface area (Å²) in [5, 5.41) is 7.65. The number of aromatic nitrogens is 8.